The highest BCUT2D eigenvalue weighted by Crippen LogP contribution is 2.18. The van der Waals surface area contributed by atoms with E-state index in [0.717, 1.165) is 12.8 Å². The highest BCUT2D eigenvalue weighted by atomic mass is 32.2. The zero-order chi connectivity index (χ0) is 21.6. The second kappa shape index (κ2) is 9.84. The first-order valence-electron chi connectivity index (χ1n) is 9.49. The summed E-state index contributed by atoms with van der Waals surface area (Å²) in [4.78, 5) is 37.2. The fraction of sp³-hybridized carbons (Fsp3) is 0.526. The Labute approximate surface area is 171 Å². The Balaban J connectivity index is 1.95. The first kappa shape index (κ1) is 22.8. The van der Waals surface area contributed by atoms with Crippen LogP contribution in [-0.4, -0.2) is 74.7 Å². The zero-order valence-electron chi connectivity index (χ0n) is 16.9. The zero-order valence-corrected chi connectivity index (χ0v) is 17.7. The van der Waals surface area contributed by atoms with Crippen LogP contribution in [-0.2, 0) is 24.3 Å². The van der Waals surface area contributed by atoms with Crippen molar-refractivity contribution in [3.63, 3.8) is 0 Å². The van der Waals surface area contributed by atoms with E-state index >= 15 is 0 Å². The number of nitrogens with one attached hydrogen (secondary N) is 1. The fourth-order valence-electron chi connectivity index (χ4n) is 2.62. The van der Waals surface area contributed by atoms with E-state index in [1.54, 1.807) is 13.8 Å². The molecule has 2 rings (SSSR count). The summed E-state index contributed by atoms with van der Waals surface area (Å²) < 4.78 is 31.4. The van der Waals surface area contributed by atoms with Crippen molar-refractivity contribution in [1.82, 2.24) is 14.5 Å². The summed E-state index contributed by atoms with van der Waals surface area (Å²) in [5.41, 5.74) is 0.0279. The Kier molecular flexibility index (Phi) is 7.74. The van der Waals surface area contributed by atoms with Crippen LogP contribution < -0.4 is 5.32 Å². The molecule has 1 N–H and O–H groups in total. The Hall–Kier alpha value is -2.46. The minimum atomic E-state index is -3.71. The average Bonchev–Trinajstić information content (AvgIpc) is 3.50. The molecule has 0 aliphatic heterocycles. The van der Waals surface area contributed by atoms with Crippen LogP contribution in [0.25, 0.3) is 0 Å². The number of rotatable bonds is 10. The summed E-state index contributed by atoms with van der Waals surface area (Å²) in [6.45, 7) is 3.41. The standard InChI is InChI=1S/C19H27N3O6S/c1-4-22(5-2)29(26,27)16-8-6-7-14(11-16)19(25)28-13-18(24)21(3)12-17(23)20-15-9-10-15/h6-8,11,15H,4-5,9-10,12-13H2,1-3H3,(H,20,23). The van der Waals surface area contributed by atoms with Crippen molar-refractivity contribution in [1.29, 1.82) is 0 Å². The molecule has 9 nitrogen and oxygen atoms in total. The van der Waals surface area contributed by atoms with Crippen LogP contribution in [0.3, 0.4) is 0 Å². The number of amides is 2. The monoisotopic (exact) mass is 425 g/mol. The number of hydrogen-bond donors (Lipinski definition) is 1. The number of ether oxygens (including phenoxy) is 1. The highest BCUT2D eigenvalue weighted by Gasteiger charge is 2.25. The van der Waals surface area contributed by atoms with Crippen molar-refractivity contribution < 1.29 is 27.5 Å². The van der Waals surface area contributed by atoms with Crippen LogP contribution in [0.1, 0.15) is 37.0 Å². The second-order valence-electron chi connectivity index (χ2n) is 6.78. The van der Waals surface area contributed by atoms with Crippen molar-refractivity contribution >= 4 is 27.8 Å². The first-order valence-corrected chi connectivity index (χ1v) is 10.9. The van der Waals surface area contributed by atoms with E-state index in [1.807, 2.05) is 0 Å². The molecule has 1 aliphatic carbocycles. The summed E-state index contributed by atoms with van der Waals surface area (Å²) in [5, 5.41) is 2.77. The average molecular weight is 426 g/mol. The quantitative estimate of drug-likeness (QED) is 0.550. The van der Waals surface area contributed by atoms with Gasteiger partial charge >= 0.3 is 5.97 Å². The maximum absolute atomic E-state index is 12.6. The molecule has 1 aromatic rings. The van der Waals surface area contributed by atoms with Crippen LogP contribution in [0.4, 0.5) is 0 Å². The second-order valence-corrected chi connectivity index (χ2v) is 8.72. The molecular formula is C19H27N3O6S. The minimum Gasteiger partial charge on any atom is -0.452 e. The van der Waals surface area contributed by atoms with E-state index in [0.29, 0.717) is 13.1 Å². The Morgan fingerprint density at radius 2 is 1.83 bits per heavy atom. The normalized spacial score (nSPS) is 13.8. The predicted molar refractivity (Wildman–Crippen MR) is 106 cm³/mol. The Morgan fingerprint density at radius 1 is 1.17 bits per heavy atom. The molecule has 0 heterocycles. The van der Waals surface area contributed by atoms with Crippen molar-refractivity contribution in [3.05, 3.63) is 29.8 Å². The summed E-state index contributed by atoms with van der Waals surface area (Å²) >= 11 is 0. The lowest BCUT2D eigenvalue weighted by Crippen LogP contribution is -2.40. The fourth-order valence-corrected chi connectivity index (χ4v) is 4.13. The smallest absolute Gasteiger partial charge is 0.338 e. The van der Waals surface area contributed by atoms with Gasteiger partial charge in [-0.3, -0.25) is 9.59 Å². The lowest BCUT2D eigenvalue weighted by atomic mass is 10.2. The van der Waals surface area contributed by atoms with Gasteiger partial charge in [-0.2, -0.15) is 4.31 Å². The number of carbonyl (C=O) groups excluding carboxylic acids is 3. The van der Waals surface area contributed by atoms with E-state index in [4.69, 9.17) is 4.74 Å². The third kappa shape index (κ3) is 6.26. The van der Waals surface area contributed by atoms with Crippen molar-refractivity contribution in [2.45, 2.75) is 37.6 Å². The SMILES string of the molecule is CCN(CC)S(=O)(=O)c1cccc(C(=O)OCC(=O)N(C)CC(=O)NC2CC2)c1. The topological polar surface area (TPSA) is 113 Å². The predicted octanol–water partition coefficient (Wildman–Crippen LogP) is 0.611. The molecule has 1 saturated carbocycles. The number of esters is 1. The molecule has 1 aromatic carbocycles. The summed E-state index contributed by atoms with van der Waals surface area (Å²) in [6.07, 6.45) is 1.90. The molecule has 0 atom stereocenters. The number of nitrogens with zero attached hydrogens (tertiary/aromatic N) is 2. The molecule has 1 aliphatic rings. The minimum absolute atomic E-state index is 0.0177. The van der Waals surface area contributed by atoms with E-state index in [1.165, 1.54) is 40.5 Å². The third-order valence-corrected chi connectivity index (χ3v) is 6.53. The van der Waals surface area contributed by atoms with Gasteiger partial charge in [-0.1, -0.05) is 19.9 Å². The molecule has 29 heavy (non-hydrogen) atoms. The van der Waals surface area contributed by atoms with Crippen LogP contribution in [0.5, 0.6) is 0 Å². The first-order chi connectivity index (χ1) is 13.7. The molecule has 2 amide bonds. The van der Waals surface area contributed by atoms with E-state index in [9.17, 15) is 22.8 Å². The summed E-state index contributed by atoms with van der Waals surface area (Å²) in [5.74, 6) is -1.61. The van der Waals surface area contributed by atoms with Crippen LogP contribution in [0.15, 0.2) is 29.2 Å². The molecule has 0 aromatic heterocycles. The van der Waals surface area contributed by atoms with Crippen LogP contribution >= 0.6 is 0 Å². The van der Waals surface area contributed by atoms with Crippen LogP contribution in [0, 0.1) is 0 Å². The number of benzene rings is 1. The largest absolute Gasteiger partial charge is 0.452 e. The molecule has 10 heteroatoms. The van der Waals surface area contributed by atoms with E-state index < -0.39 is 28.5 Å². The highest BCUT2D eigenvalue weighted by molar-refractivity contribution is 7.89. The van der Waals surface area contributed by atoms with Gasteiger partial charge < -0.3 is 15.0 Å². The number of likely N-dealkylation sites (N-methyl/N-ethyl adjacent to an activating group) is 1. The maximum atomic E-state index is 12.6. The van der Waals surface area contributed by atoms with Gasteiger partial charge in [0.2, 0.25) is 15.9 Å². The lowest BCUT2D eigenvalue weighted by molar-refractivity contribution is -0.137. The lowest BCUT2D eigenvalue weighted by Gasteiger charge is -2.19. The maximum Gasteiger partial charge on any atom is 0.338 e. The molecular weight excluding hydrogens is 398 g/mol. The number of hydrogen-bond acceptors (Lipinski definition) is 6. The van der Waals surface area contributed by atoms with Gasteiger partial charge in [-0.05, 0) is 31.0 Å². The van der Waals surface area contributed by atoms with Crippen molar-refractivity contribution in [2.24, 2.45) is 0 Å². The molecule has 0 spiro atoms. The van der Waals surface area contributed by atoms with Crippen molar-refractivity contribution in [2.75, 3.05) is 33.3 Å². The third-order valence-electron chi connectivity index (χ3n) is 4.49. The number of carbonyl (C=O) groups is 3. The van der Waals surface area contributed by atoms with Gasteiger partial charge in [0.05, 0.1) is 17.0 Å². The van der Waals surface area contributed by atoms with Gasteiger partial charge in [0.1, 0.15) is 0 Å². The summed E-state index contributed by atoms with van der Waals surface area (Å²) in [7, 11) is -2.27. The van der Waals surface area contributed by atoms with Gasteiger partial charge in [0.25, 0.3) is 5.91 Å². The van der Waals surface area contributed by atoms with Gasteiger partial charge in [-0.25, -0.2) is 13.2 Å². The van der Waals surface area contributed by atoms with Crippen LogP contribution in [0.2, 0.25) is 0 Å². The van der Waals surface area contributed by atoms with Gasteiger partial charge in [0.15, 0.2) is 6.61 Å². The van der Waals surface area contributed by atoms with Gasteiger partial charge in [-0.15, -0.1) is 0 Å². The molecule has 0 radical (unpaired) electrons. The van der Waals surface area contributed by atoms with E-state index in [-0.39, 0.29) is 29.0 Å². The Bertz CT molecular complexity index is 862. The molecule has 0 unspecified atom stereocenters. The van der Waals surface area contributed by atoms with Crippen molar-refractivity contribution in [3.8, 4) is 0 Å². The summed E-state index contributed by atoms with van der Waals surface area (Å²) in [6, 6.07) is 5.70. The Morgan fingerprint density at radius 3 is 2.41 bits per heavy atom. The molecule has 0 bridgehead atoms. The van der Waals surface area contributed by atoms with Gasteiger partial charge in [0, 0.05) is 26.2 Å². The molecule has 0 saturated heterocycles. The molecule has 1 fully saturated rings. The molecule has 160 valence electrons. The number of sulfonamides is 1. The van der Waals surface area contributed by atoms with E-state index in [2.05, 4.69) is 5.32 Å².